The number of anilines is 1. The lowest BCUT2D eigenvalue weighted by Crippen LogP contribution is -2.48. The van der Waals surface area contributed by atoms with Gasteiger partial charge < -0.3 is 9.64 Å². The van der Waals surface area contributed by atoms with E-state index >= 15 is 0 Å². The van der Waals surface area contributed by atoms with Gasteiger partial charge in [0.1, 0.15) is 11.4 Å². The van der Waals surface area contributed by atoms with Crippen LogP contribution < -0.4 is 4.90 Å². The van der Waals surface area contributed by atoms with Gasteiger partial charge in [-0.05, 0) is 37.3 Å². The summed E-state index contributed by atoms with van der Waals surface area (Å²) >= 11 is 3.51. The maximum atomic E-state index is 6.09. The lowest BCUT2D eigenvalue weighted by molar-refractivity contribution is -0.0468. The van der Waals surface area contributed by atoms with Crippen LogP contribution >= 0.6 is 15.9 Å². The molecule has 1 atom stereocenters. The van der Waals surface area contributed by atoms with Gasteiger partial charge >= 0.3 is 0 Å². The molecule has 1 aromatic carbocycles. The molecule has 124 valence electrons. The molecule has 0 N–H and O–H groups in total. The number of hydrogen-bond acceptors (Lipinski definition) is 4. The molecule has 3 heterocycles. The van der Waals surface area contributed by atoms with E-state index in [2.05, 4.69) is 51.1 Å². The SMILES string of the molecule is Cn1cc(C2(C)CN(c3ccc4cc(Br)ccc4n3)CCO2)cn1. The maximum absolute atomic E-state index is 6.09. The zero-order chi connectivity index (χ0) is 16.7. The van der Waals surface area contributed by atoms with Crippen LogP contribution in [0.25, 0.3) is 10.9 Å². The van der Waals surface area contributed by atoms with E-state index in [1.807, 2.05) is 36.3 Å². The van der Waals surface area contributed by atoms with Gasteiger partial charge in [-0.3, -0.25) is 4.68 Å². The Morgan fingerprint density at radius 1 is 1.25 bits per heavy atom. The van der Waals surface area contributed by atoms with E-state index in [1.54, 1.807) is 0 Å². The first-order valence-electron chi connectivity index (χ1n) is 7.98. The number of fused-ring (bicyclic) bond motifs is 1. The summed E-state index contributed by atoms with van der Waals surface area (Å²) in [6.45, 7) is 4.39. The van der Waals surface area contributed by atoms with E-state index in [1.165, 1.54) is 0 Å². The average Bonchev–Trinajstić information content (AvgIpc) is 3.02. The smallest absolute Gasteiger partial charge is 0.129 e. The fraction of sp³-hybridized carbons (Fsp3) is 0.333. The number of aromatic nitrogens is 3. The number of rotatable bonds is 2. The van der Waals surface area contributed by atoms with Gasteiger partial charge in [0.05, 0.1) is 24.9 Å². The molecule has 1 saturated heterocycles. The summed E-state index contributed by atoms with van der Waals surface area (Å²) < 4.78 is 8.97. The Hall–Kier alpha value is -1.92. The summed E-state index contributed by atoms with van der Waals surface area (Å²) in [4.78, 5) is 7.12. The molecule has 5 nitrogen and oxygen atoms in total. The Labute approximate surface area is 149 Å². The Balaban J connectivity index is 1.65. The third-order valence-corrected chi connectivity index (χ3v) is 5.04. The van der Waals surface area contributed by atoms with E-state index in [4.69, 9.17) is 9.72 Å². The van der Waals surface area contributed by atoms with Crippen LogP contribution in [0.2, 0.25) is 0 Å². The molecule has 1 aliphatic rings. The van der Waals surface area contributed by atoms with Crippen LogP contribution in [0.1, 0.15) is 12.5 Å². The monoisotopic (exact) mass is 386 g/mol. The Bertz CT molecular complexity index is 894. The highest BCUT2D eigenvalue weighted by molar-refractivity contribution is 9.10. The van der Waals surface area contributed by atoms with Crippen molar-refractivity contribution in [3.8, 4) is 0 Å². The molecule has 24 heavy (non-hydrogen) atoms. The summed E-state index contributed by atoms with van der Waals surface area (Å²) in [5.41, 5.74) is 1.73. The van der Waals surface area contributed by atoms with Crippen molar-refractivity contribution in [2.24, 2.45) is 7.05 Å². The minimum atomic E-state index is -0.372. The predicted molar refractivity (Wildman–Crippen MR) is 98.2 cm³/mol. The molecule has 0 radical (unpaired) electrons. The number of morpholine rings is 1. The molecule has 0 bridgehead atoms. The first kappa shape index (κ1) is 15.6. The van der Waals surface area contributed by atoms with E-state index in [-0.39, 0.29) is 5.60 Å². The van der Waals surface area contributed by atoms with Crippen LogP contribution in [0, 0.1) is 0 Å². The van der Waals surface area contributed by atoms with Crippen LogP contribution in [-0.2, 0) is 17.4 Å². The van der Waals surface area contributed by atoms with Crippen molar-refractivity contribution in [3.63, 3.8) is 0 Å². The van der Waals surface area contributed by atoms with Crippen LogP contribution in [-0.4, -0.2) is 34.5 Å². The molecule has 0 saturated carbocycles. The number of hydrogen-bond donors (Lipinski definition) is 0. The van der Waals surface area contributed by atoms with E-state index < -0.39 is 0 Å². The number of halogens is 1. The average molecular weight is 387 g/mol. The highest BCUT2D eigenvalue weighted by Gasteiger charge is 2.35. The van der Waals surface area contributed by atoms with Crippen LogP contribution in [0.5, 0.6) is 0 Å². The van der Waals surface area contributed by atoms with Crippen molar-refractivity contribution >= 4 is 32.7 Å². The van der Waals surface area contributed by atoms with Gasteiger partial charge in [0.25, 0.3) is 0 Å². The largest absolute Gasteiger partial charge is 0.367 e. The van der Waals surface area contributed by atoms with Crippen LogP contribution in [0.3, 0.4) is 0 Å². The third-order valence-electron chi connectivity index (χ3n) is 4.55. The van der Waals surface area contributed by atoms with Crippen LogP contribution in [0.4, 0.5) is 5.82 Å². The fourth-order valence-electron chi connectivity index (χ4n) is 3.20. The van der Waals surface area contributed by atoms with Crippen molar-refractivity contribution in [2.75, 3.05) is 24.6 Å². The van der Waals surface area contributed by atoms with Crippen molar-refractivity contribution < 1.29 is 4.74 Å². The minimum Gasteiger partial charge on any atom is -0.367 e. The Morgan fingerprint density at radius 2 is 2.12 bits per heavy atom. The summed E-state index contributed by atoms with van der Waals surface area (Å²) in [5, 5.41) is 5.42. The fourth-order valence-corrected chi connectivity index (χ4v) is 3.58. The summed E-state index contributed by atoms with van der Waals surface area (Å²) in [6, 6.07) is 10.4. The lowest BCUT2D eigenvalue weighted by Gasteiger charge is -2.40. The van der Waals surface area contributed by atoms with Crippen molar-refractivity contribution in [2.45, 2.75) is 12.5 Å². The molecule has 1 aliphatic heterocycles. The molecule has 0 spiro atoms. The van der Waals surface area contributed by atoms with Gasteiger partial charge in [0.2, 0.25) is 0 Å². The molecular weight excluding hydrogens is 368 g/mol. The quantitative estimate of drug-likeness (QED) is 0.675. The van der Waals surface area contributed by atoms with E-state index in [0.29, 0.717) is 6.61 Å². The van der Waals surface area contributed by atoms with E-state index in [0.717, 1.165) is 39.8 Å². The maximum Gasteiger partial charge on any atom is 0.129 e. The molecule has 1 unspecified atom stereocenters. The molecule has 3 aromatic rings. The van der Waals surface area contributed by atoms with E-state index in [9.17, 15) is 0 Å². The van der Waals surface area contributed by atoms with Gasteiger partial charge in [-0.1, -0.05) is 15.9 Å². The topological polar surface area (TPSA) is 43.2 Å². The second-order valence-corrected chi connectivity index (χ2v) is 7.33. The number of aryl methyl sites for hydroxylation is 1. The molecule has 2 aromatic heterocycles. The second kappa shape index (κ2) is 5.86. The number of pyridine rings is 1. The number of ether oxygens (including phenoxy) is 1. The minimum absolute atomic E-state index is 0.372. The molecule has 6 heteroatoms. The zero-order valence-electron chi connectivity index (χ0n) is 13.7. The lowest BCUT2D eigenvalue weighted by atomic mass is 9.97. The first-order chi connectivity index (χ1) is 11.5. The summed E-state index contributed by atoms with van der Waals surface area (Å²) in [5.74, 6) is 0.989. The van der Waals surface area contributed by atoms with Crippen molar-refractivity contribution in [1.82, 2.24) is 14.8 Å². The number of nitrogens with zero attached hydrogens (tertiary/aromatic N) is 4. The molecule has 0 aliphatic carbocycles. The van der Waals surface area contributed by atoms with Gasteiger partial charge in [0, 0.05) is 35.2 Å². The molecule has 0 amide bonds. The van der Waals surface area contributed by atoms with Gasteiger partial charge in [-0.15, -0.1) is 0 Å². The standard InChI is InChI=1S/C18H19BrN4O/c1-18(14-10-20-22(2)11-14)12-23(7-8-24-18)17-6-3-13-9-15(19)4-5-16(13)21-17/h3-6,9-11H,7-8,12H2,1-2H3. The first-order valence-corrected chi connectivity index (χ1v) is 8.77. The number of benzene rings is 1. The third kappa shape index (κ3) is 2.80. The zero-order valence-corrected chi connectivity index (χ0v) is 15.3. The van der Waals surface area contributed by atoms with Crippen molar-refractivity contribution in [1.29, 1.82) is 0 Å². The van der Waals surface area contributed by atoms with Crippen molar-refractivity contribution in [3.05, 3.63) is 52.8 Å². The highest BCUT2D eigenvalue weighted by atomic mass is 79.9. The molecule has 4 rings (SSSR count). The van der Waals surface area contributed by atoms with Gasteiger partial charge in [-0.2, -0.15) is 5.10 Å². The van der Waals surface area contributed by atoms with Gasteiger partial charge in [0.15, 0.2) is 0 Å². The molecule has 1 fully saturated rings. The second-order valence-electron chi connectivity index (χ2n) is 6.41. The highest BCUT2D eigenvalue weighted by Crippen LogP contribution is 2.31. The summed E-state index contributed by atoms with van der Waals surface area (Å²) in [7, 11) is 1.93. The molecular formula is C18H19BrN4O. The Kier molecular flexibility index (Phi) is 3.81. The predicted octanol–water partition coefficient (Wildman–Crippen LogP) is 3.48. The van der Waals surface area contributed by atoms with Gasteiger partial charge in [-0.25, -0.2) is 4.98 Å². The Morgan fingerprint density at radius 3 is 2.92 bits per heavy atom. The van der Waals surface area contributed by atoms with Crippen LogP contribution in [0.15, 0.2) is 47.2 Å². The normalized spacial score (nSPS) is 21.4. The summed E-state index contributed by atoms with van der Waals surface area (Å²) in [6.07, 6.45) is 3.91.